The molecule has 0 saturated heterocycles. The fourth-order valence-electron chi connectivity index (χ4n) is 10.5. The Morgan fingerprint density at radius 1 is 0.242 bits per heavy atom. The minimum atomic E-state index is -0.414. The summed E-state index contributed by atoms with van der Waals surface area (Å²) in [6.07, 6.45) is 0. The molecule has 10 aromatic rings. The van der Waals surface area contributed by atoms with Gasteiger partial charge in [0.15, 0.2) is 0 Å². The Balaban J connectivity index is 1.15. The van der Waals surface area contributed by atoms with Gasteiger partial charge in [0.25, 0.3) is 0 Å². The molecule has 0 atom stereocenters. The first-order chi connectivity index (χ1) is 30.8. The standard InChI is InChI=1S/C61H41N/c1-4-20-42(21-5-1)45-26-18-27-46(40-45)62(59-37-19-33-49(44-24-8-3-9-25-44)60(59)53-32-11-10-28-48(53)43-22-6-2-7-23-43)47-38-39-58-54(41-47)52-31-14-17-36-57(52)61(58)55-34-15-12-29-50(55)51-30-13-16-35-56(51)61/h1-41H. The fraction of sp³-hybridized carbons (Fsp3) is 0.0164. The van der Waals surface area contributed by atoms with E-state index in [0.29, 0.717) is 0 Å². The maximum Gasteiger partial charge on any atom is 0.0725 e. The van der Waals surface area contributed by atoms with E-state index >= 15 is 0 Å². The van der Waals surface area contributed by atoms with Crippen LogP contribution in [0.4, 0.5) is 17.1 Å². The molecule has 0 saturated carbocycles. The van der Waals surface area contributed by atoms with Crippen LogP contribution in [-0.4, -0.2) is 0 Å². The van der Waals surface area contributed by atoms with Crippen LogP contribution in [0, 0.1) is 0 Å². The average molecular weight is 788 g/mol. The van der Waals surface area contributed by atoms with Gasteiger partial charge in [0.2, 0.25) is 0 Å². The van der Waals surface area contributed by atoms with Crippen molar-refractivity contribution < 1.29 is 0 Å². The summed E-state index contributed by atoms with van der Waals surface area (Å²) >= 11 is 0. The highest BCUT2D eigenvalue weighted by Gasteiger charge is 2.51. The molecule has 0 heterocycles. The molecule has 0 N–H and O–H groups in total. The Morgan fingerprint density at radius 3 is 1.27 bits per heavy atom. The van der Waals surface area contributed by atoms with Gasteiger partial charge in [0, 0.05) is 16.9 Å². The van der Waals surface area contributed by atoms with Crippen LogP contribution in [0.15, 0.2) is 249 Å². The zero-order valence-corrected chi connectivity index (χ0v) is 34.1. The first-order valence-corrected chi connectivity index (χ1v) is 21.5. The Morgan fingerprint density at radius 2 is 0.661 bits per heavy atom. The van der Waals surface area contributed by atoms with Crippen LogP contribution in [-0.2, 0) is 5.41 Å². The molecule has 62 heavy (non-hydrogen) atoms. The number of hydrogen-bond donors (Lipinski definition) is 0. The van der Waals surface area contributed by atoms with Gasteiger partial charge in [-0.15, -0.1) is 0 Å². The molecule has 2 aliphatic carbocycles. The van der Waals surface area contributed by atoms with Gasteiger partial charge in [-0.3, -0.25) is 0 Å². The first-order valence-electron chi connectivity index (χ1n) is 21.5. The fourth-order valence-corrected chi connectivity index (χ4v) is 10.5. The maximum atomic E-state index is 2.50. The van der Waals surface area contributed by atoms with Gasteiger partial charge in [0.05, 0.1) is 11.1 Å². The number of nitrogens with zero attached hydrogens (tertiary/aromatic N) is 1. The minimum Gasteiger partial charge on any atom is -0.310 e. The van der Waals surface area contributed by atoms with Crippen LogP contribution in [0.5, 0.6) is 0 Å². The molecule has 0 aliphatic heterocycles. The van der Waals surface area contributed by atoms with E-state index in [-0.39, 0.29) is 0 Å². The summed E-state index contributed by atoms with van der Waals surface area (Å²) in [5, 5.41) is 0. The van der Waals surface area contributed by atoms with Crippen molar-refractivity contribution >= 4 is 17.1 Å². The third kappa shape index (κ3) is 5.49. The Labute approximate surface area is 363 Å². The van der Waals surface area contributed by atoms with Crippen LogP contribution < -0.4 is 4.90 Å². The van der Waals surface area contributed by atoms with Crippen molar-refractivity contribution in [2.75, 3.05) is 4.90 Å². The summed E-state index contributed by atoms with van der Waals surface area (Å²) in [6.45, 7) is 0. The van der Waals surface area contributed by atoms with E-state index in [1.54, 1.807) is 0 Å². The van der Waals surface area contributed by atoms with Crippen LogP contribution in [0.1, 0.15) is 22.3 Å². The molecular weight excluding hydrogens is 747 g/mol. The number of hydrogen-bond acceptors (Lipinski definition) is 1. The molecule has 1 nitrogen and oxygen atoms in total. The normalized spacial score (nSPS) is 12.6. The SMILES string of the molecule is c1ccc(-c2cccc(N(c3ccc4c(c3)-c3ccccc3C43c4ccccc4-c4ccccc43)c3cccc(-c4ccccc4)c3-c3ccccc3-c3ccccc3)c2)cc1. The van der Waals surface area contributed by atoms with Gasteiger partial charge >= 0.3 is 0 Å². The lowest BCUT2D eigenvalue weighted by Gasteiger charge is -2.32. The van der Waals surface area contributed by atoms with E-state index in [1.165, 1.54) is 89.0 Å². The topological polar surface area (TPSA) is 3.24 Å². The summed E-state index contributed by atoms with van der Waals surface area (Å²) < 4.78 is 0. The average Bonchev–Trinajstić information content (AvgIpc) is 3.82. The highest BCUT2D eigenvalue weighted by Crippen LogP contribution is 2.63. The summed E-state index contributed by atoms with van der Waals surface area (Å²) in [5.41, 5.74) is 22.9. The van der Waals surface area contributed by atoms with Crippen molar-refractivity contribution in [3.8, 4) is 66.8 Å². The van der Waals surface area contributed by atoms with Crippen molar-refractivity contribution in [3.63, 3.8) is 0 Å². The van der Waals surface area contributed by atoms with E-state index in [1.807, 2.05) is 0 Å². The highest BCUT2D eigenvalue weighted by atomic mass is 15.1. The number of anilines is 3. The monoisotopic (exact) mass is 787 g/mol. The van der Waals surface area contributed by atoms with Crippen molar-refractivity contribution in [2.45, 2.75) is 5.41 Å². The summed E-state index contributed by atoms with van der Waals surface area (Å²) in [6, 6.07) is 91.5. The third-order valence-corrected chi connectivity index (χ3v) is 13.1. The van der Waals surface area contributed by atoms with Gasteiger partial charge in [-0.2, -0.15) is 0 Å². The minimum absolute atomic E-state index is 0.414. The summed E-state index contributed by atoms with van der Waals surface area (Å²) in [4.78, 5) is 2.50. The molecule has 2 aliphatic rings. The molecule has 0 bridgehead atoms. The molecule has 0 fully saturated rings. The van der Waals surface area contributed by atoms with Gasteiger partial charge in [-0.1, -0.05) is 218 Å². The zero-order chi connectivity index (χ0) is 41.0. The Kier molecular flexibility index (Phi) is 8.47. The molecular formula is C61H41N. The van der Waals surface area contributed by atoms with Crippen LogP contribution in [0.2, 0.25) is 0 Å². The molecule has 1 spiro atoms. The van der Waals surface area contributed by atoms with E-state index in [0.717, 1.165) is 17.1 Å². The smallest absolute Gasteiger partial charge is 0.0725 e. The second kappa shape index (κ2) is 14.6. The van der Waals surface area contributed by atoms with Crippen molar-refractivity contribution in [3.05, 3.63) is 271 Å². The van der Waals surface area contributed by atoms with Crippen molar-refractivity contribution in [1.29, 1.82) is 0 Å². The van der Waals surface area contributed by atoms with E-state index < -0.39 is 5.41 Å². The largest absolute Gasteiger partial charge is 0.310 e. The number of rotatable bonds is 7. The van der Waals surface area contributed by atoms with Gasteiger partial charge in [0.1, 0.15) is 0 Å². The predicted molar refractivity (Wildman–Crippen MR) is 259 cm³/mol. The Bertz CT molecular complexity index is 3250. The van der Waals surface area contributed by atoms with Crippen LogP contribution in [0.3, 0.4) is 0 Å². The predicted octanol–water partition coefficient (Wildman–Crippen LogP) is 16.2. The van der Waals surface area contributed by atoms with Gasteiger partial charge in [-0.25, -0.2) is 0 Å². The summed E-state index contributed by atoms with van der Waals surface area (Å²) in [5.74, 6) is 0. The molecule has 10 aromatic carbocycles. The highest BCUT2D eigenvalue weighted by molar-refractivity contribution is 6.02. The number of benzene rings is 10. The lowest BCUT2D eigenvalue weighted by Crippen LogP contribution is -2.25. The lowest BCUT2D eigenvalue weighted by molar-refractivity contribution is 0.794. The lowest BCUT2D eigenvalue weighted by atomic mass is 9.70. The zero-order valence-electron chi connectivity index (χ0n) is 34.1. The second-order valence-electron chi connectivity index (χ2n) is 16.3. The summed E-state index contributed by atoms with van der Waals surface area (Å²) in [7, 11) is 0. The van der Waals surface area contributed by atoms with Crippen LogP contribution >= 0.6 is 0 Å². The molecule has 0 aromatic heterocycles. The van der Waals surface area contributed by atoms with Crippen LogP contribution in [0.25, 0.3) is 66.8 Å². The molecule has 290 valence electrons. The van der Waals surface area contributed by atoms with Gasteiger partial charge in [-0.05, 0) is 114 Å². The Hall–Kier alpha value is -8.00. The van der Waals surface area contributed by atoms with E-state index in [4.69, 9.17) is 0 Å². The third-order valence-electron chi connectivity index (χ3n) is 13.1. The molecule has 1 heteroatoms. The maximum absolute atomic E-state index is 2.50. The van der Waals surface area contributed by atoms with Crippen molar-refractivity contribution in [2.24, 2.45) is 0 Å². The second-order valence-corrected chi connectivity index (χ2v) is 16.3. The first kappa shape index (κ1) is 35.9. The molecule has 0 radical (unpaired) electrons. The van der Waals surface area contributed by atoms with E-state index in [9.17, 15) is 0 Å². The molecule has 0 unspecified atom stereocenters. The number of fused-ring (bicyclic) bond motifs is 10. The quantitative estimate of drug-likeness (QED) is 0.155. The van der Waals surface area contributed by atoms with Crippen molar-refractivity contribution in [1.82, 2.24) is 0 Å². The molecule has 12 rings (SSSR count). The molecule has 0 amide bonds. The van der Waals surface area contributed by atoms with E-state index in [2.05, 4.69) is 254 Å². The van der Waals surface area contributed by atoms with Gasteiger partial charge < -0.3 is 4.90 Å².